The van der Waals surface area contributed by atoms with Crippen LogP contribution in [0.15, 0.2) is 69.7 Å². The Morgan fingerprint density at radius 1 is 1.12 bits per heavy atom. The summed E-state index contributed by atoms with van der Waals surface area (Å²) in [7, 11) is -3.62. The lowest BCUT2D eigenvalue weighted by molar-refractivity contribution is 0.459. The normalized spacial score (nSPS) is 12.8. The van der Waals surface area contributed by atoms with Gasteiger partial charge in [0.15, 0.2) is 0 Å². The third-order valence-electron chi connectivity index (χ3n) is 3.64. The smallest absolute Gasteiger partial charge is 0.267 e. The number of aromatic nitrogens is 2. The van der Waals surface area contributed by atoms with Crippen molar-refractivity contribution >= 4 is 21.4 Å². The highest BCUT2D eigenvalue weighted by atomic mass is 32.2. The van der Waals surface area contributed by atoms with E-state index >= 15 is 0 Å². The Bertz CT molecular complexity index is 997. The van der Waals surface area contributed by atoms with Gasteiger partial charge in [-0.3, -0.25) is 4.79 Å². The number of sulfonamides is 1. The van der Waals surface area contributed by atoms with E-state index in [0.29, 0.717) is 5.69 Å². The average molecular weight is 375 g/mol. The zero-order valence-electron chi connectivity index (χ0n) is 13.5. The number of thiophene rings is 1. The molecule has 1 unspecified atom stereocenters. The van der Waals surface area contributed by atoms with Gasteiger partial charge in [-0.2, -0.15) is 5.10 Å². The van der Waals surface area contributed by atoms with Crippen LogP contribution in [0, 0.1) is 0 Å². The fraction of sp³-hybridized carbons (Fsp3) is 0.176. The average Bonchev–Trinajstić information content (AvgIpc) is 3.15. The quantitative estimate of drug-likeness (QED) is 0.718. The van der Waals surface area contributed by atoms with Gasteiger partial charge in [0, 0.05) is 12.6 Å². The molecular weight excluding hydrogens is 358 g/mol. The van der Waals surface area contributed by atoms with E-state index in [2.05, 4.69) is 9.82 Å². The van der Waals surface area contributed by atoms with Crippen molar-refractivity contribution in [2.45, 2.75) is 17.9 Å². The second-order valence-electron chi connectivity index (χ2n) is 5.49. The highest BCUT2D eigenvalue weighted by Crippen LogP contribution is 2.21. The second-order valence-corrected chi connectivity index (χ2v) is 8.21. The summed E-state index contributed by atoms with van der Waals surface area (Å²) in [6.07, 6.45) is 0. The molecule has 3 aromatic rings. The number of nitrogens with zero attached hydrogens (tertiary/aromatic N) is 2. The van der Waals surface area contributed by atoms with E-state index in [9.17, 15) is 13.2 Å². The molecule has 0 radical (unpaired) electrons. The number of hydrogen-bond acceptors (Lipinski definition) is 5. The summed E-state index contributed by atoms with van der Waals surface area (Å²) in [5.41, 5.74) is 0.416. The first kappa shape index (κ1) is 17.5. The first-order valence-electron chi connectivity index (χ1n) is 7.66. The summed E-state index contributed by atoms with van der Waals surface area (Å²) in [6.45, 7) is 1.82. The van der Waals surface area contributed by atoms with E-state index in [1.165, 1.54) is 34.2 Å². The van der Waals surface area contributed by atoms with Crippen molar-refractivity contribution < 1.29 is 8.42 Å². The SMILES string of the molecule is CC(CNS(=O)(=O)c1ccccc1)n1nc(-c2cccs2)ccc1=O. The zero-order valence-corrected chi connectivity index (χ0v) is 15.1. The lowest BCUT2D eigenvalue weighted by Gasteiger charge is -2.15. The molecule has 0 saturated carbocycles. The standard InChI is InChI=1S/C17H17N3O3S2/c1-13(12-18-25(22,23)14-6-3-2-4-7-14)20-17(21)10-9-15(19-20)16-8-5-11-24-16/h2-11,13,18H,12H2,1H3. The van der Waals surface area contributed by atoms with Crippen LogP contribution in [0.25, 0.3) is 10.6 Å². The van der Waals surface area contributed by atoms with Crippen molar-refractivity contribution in [3.63, 3.8) is 0 Å². The minimum atomic E-state index is -3.62. The molecule has 1 atom stereocenters. The van der Waals surface area contributed by atoms with Gasteiger partial charge < -0.3 is 0 Å². The highest BCUT2D eigenvalue weighted by molar-refractivity contribution is 7.89. The molecule has 0 bridgehead atoms. The summed E-state index contributed by atoms with van der Waals surface area (Å²) in [5.74, 6) is 0. The fourth-order valence-corrected chi connectivity index (χ4v) is 4.13. The molecule has 25 heavy (non-hydrogen) atoms. The Kier molecular flexibility index (Phi) is 5.12. The van der Waals surface area contributed by atoms with Gasteiger partial charge in [-0.05, 0) is 36.6 Å². The molecule has 130 valence electrons. The first-order chi connectivity index (χ1) is 12.0. The molecule has 0 spiro atoms. The molecule has 0 aliphatic heterocycles. The van der Waals surface area contributed by atoms with Crippen LogP contribution in [-0.4, -0.2) is 24.7 Å². The van der Waals surface area contributed by atoms with Crippen molar-refractivity contribution in [2.75, 3.05) is 6.54 Å². The topological polar surface area (TPSA) is 81.1 Å². The van der Waals surface area contributed by atoms with Crippen LogP contribution in [-0.2, 0) is 10.0 Å². The molecule has 0 fully saturated rings. The Morgan fingerprint density at radius 3 is 2.56 bits per heavy atom. The predicted octanol–water partition coefficient (Wildman–Crippen LogP) is 2.51. The molecular formula is C17H17N3O3S2. The zero-order chi connectivity index (χ0) is 17.9. The molecule has 1 N–H and O–H groups in total. The van der Waals surface area contributed by atoms with E-state index in [0.717, 1.165) is 4.88 Å². The van der Waals surface area contributed by atoms with Gasteiger partial charge in [0.05, 0.1) is 15.8 Å². The van der Waals surface area contributed by atoms with E-state index in [1.54, 1.807) is 31.2 Å². The van der Waals surface area contributed by atoms with Gasteiger partial charge in [-0.1, -0.05) is 24.3 Å². The van der Waals surface area contributed by atoms with Gasteiger partial charge in [0.1, 0.15) is 5.69 Å². The van der Waals surface area contributed by atoms with Gasteiger partial charge in [0.25, 0.3) is 5.56 Å². The number of hydrogen-bond donors (Lipinski definition) is 1. The van der Waals surface area contributed by atoms with Crippen molar-refractivity contribution in [1.82, 2.24) is 14.5 Å². The molecule has 0 saturated heterocycles. The molecule has 0 aliphatic rings. The molecule has 8 heteroatoms. The van der Waals surface area contributed by atoms with Crippen LogP contribution in [0.5, 0.6) is 0 Å². The van der Waals surface area contributed by atoms with Crippen LogP contribution in [0.1, 0.15) is 13.0 Å². The Labute approximate surface area is 149 Å². The van der Waals surface area contributed by atoms with Crippen molar-refractivity contribution in [1.29, 1.82) is 0 Å². The van der Waals surface area contributed by atoms with Crippen LogP contribution in [0.4, 0.5) is 0 Å². The summed E-state index contributed by atoms with van der Waals surface area (Å²) >= 11 is 1.53. The van der Waals surface area contributed by atoms with Crippen LogP contribution < -0.4 is 10.3 Å². The number of nitrogens with one attached hydrogen (secondary N) is 1. The Morgan fingerprint density at radius 2 is 1.88 bits per heavy atom. The lowest BCUT2D eigenvalue weighted by Crippen LogP contribution is -2.34. The fourth-order valence-electron chi connectivity index (χ4n) is 2.30. The summed E-state index contributed by atoms with van der Waals surface area (Å²) in [5, 5.41) is 6.30. The maximum Gasteiger partial charge on any atom is 0.267 e. The molecule has 2 aromatic heterocycles. The monoisotopic (exact) mass is 375 g/mol. The van der Waals surface area contributed by atoms with Crippen LogP contribution >= 0.6 is 11.3 Å². The number of rotatable bonds is 6. The lowest BCUT2D eigenvalue weighted by atomic mass is 10.3. The molecule has 0 aliphatic carbocycles. The van der Waals surface area contributed by atoms with Gasteiger partial charge >= 0.3 is 0 Å². The van der Waals surface area contributed by atoms with E-state index < -0.39 is 16.1 Å². The summed E-state index contributed by atoms with van der Waals surface area (Å²) < 4.78 is 28.4. The summed E-state index contributed by atoms with van der Waals surface area (Å²) in [6, 6.07) is 14.6. The second kappa shape index (κ2) is 7.30. The molecule has 6 nitrogen and oxygen atoms in total. The maximum absolute atomic E-state index is 12.3. The molecule has 3 rings (SSSR count). The minimum absolute atomic E-state index is 0.0675. The van der Waals surface area contributed by atoms with Gasteiger partial charge in [-0.15, -0.1) is 11.3 Å². The Hall–Kier alpha value is -2.29. The van der Waals surface area contributed by atoms with Gasteiger partial charge in [0.2, 0.25) is 10.0 Å². The largest absolute Gasteiger partial charge is 0.268 e. The van der Waals surface area contributed by atoms with Crippen LogP contribution in [0.2, 0.25) is 0 Å². The predicted molar refractivity (Wildman–Crippen MR) is 98.2 cm³/mol. The third-order valence-corrected chi connectivity index (χ3v) is 5.97. The molecule has 2 heterocycles. The minimum Gasteiger partial charge on any atom is -0.268 e. The third kappa shape index (κ3) is 4.04. The summed E-state index contributed by atoms with van der Waals surface area (Å²) in [4.78, 5) is 13.2. The maximum atomic E-state index is 12.3. The highest BCUT2D eigenvalue weighted by Gasteiger charge is 2.17. The first-order valence-corrected chi connectivity index (χ1v) is 10.0. The van der Waals surface area contributed by atoms with E-state index in [-0.39, 0.29) is 17.0 Å². The van der Waals surface area contributed by atoms with Crippen molar-refractivity contribution in [3.05, 3.63) is 70.3 Å². The van der Waals surface area contributed by atoms with Gasteiger partial charge in [-0.25, -0.2) is 17.8 Å². The van der Waals surface area contributed by atoms with E-state index in [1.807, 2.05) is 17.5 Å². The van der Waals surface area contributed by atoms with Crippen molar-refractivity contribution in [3.8, 4) is 10.6 Å². The Balaban J connectivity index is 1.79. The molecule has 0 amide bonds. The molecule has 1 aromatic carbocycles. The van der Waals surface area contributed by atoms with Crippen LogP contribution in [0.3, 0.4) is 0 Å². The van der Waals surface area contributed by atoms with Crippen molar-refractivity contribution in [2.24, 2.45) is 0 Å². The number of benzene rings is 1. The van der Waals surface area contributed by atoms with E-state index in [4.69, 9.17) is 0 Å².